The highest BCUT2D eigenvalue weighted by atomic mass is 35.5. The van der Waals surface area contributed by atoms with Gasteiger partial charge in [0.2, 0.25) is 0 Å². The summed E-state index contributed by atoms with van der Waals surface area (Å²) in [5.74, 6) is 6.37. The van der Waals surface area contributed by atoms with E-state index in [1.165, 1.54) is 19.3 Å². The Balaban J connectivity index is 2.09. The Hall–Kier alpha value is -0.710. The van der Waals surface area contributed by atoms with Gasteiger partial charge in [0.25, 0.3) is 0 Å². The average molecular weight is 275 g/mol. The number of nitrogens with two attached hydrogens (primary N) is 1. The first kappa shape index (κ1) is 12.7. The highest BCUT2D eigenvalue weighted by Gasteiger charge is 2.31. The number of anilines is 2. The van der Waals surface area contributed by atoms with Gasteiger partial charge < -0.3 is 10.7 Å². The second-order valence-electron chi connectivity index (χ2n) is 4.81. The van der Waals surface area contributed by atoms with Crippen LogP contribution in [0.5, 0.6) is 0 Å². The van der Waals surface area contributed by atoms with E-state index >= 15 is 0 Å². The molecule has 1 aliphatic carbocycles. The quantitative estimate of drug-likeness (QED) is 0.583. The van der Waals surface area contributed by atoms with Crippen molar-refractivity contribution in [1.82, 2.24) is 4.98 Å². The van der Waals surface area contributed by atoms with Gasteiger partial charge in [-0.3, -0.25) is 0 Å². The standard InChI is InChI=1S/C11H16Cl2N4/c1-11(3-2-4-11)6-15-9-7(12)5-8(13)10(16-9)17-14/h5H,2-4,6,14H2,1H3,(H2,15,16,17). The summed E-state index contributed by atoms with van der Waals surface area (Å²) in [6.07, 6.45) is 3.79. The molecular weight excluding hydrogens is 259 g/mol. The van der Waals surface area contributed by atoms with Gasteiger partial charge in [-0.05, 0) is 24.3 Å². The second kappa shape index (κ2) is 4.88. The summed E-state index contributed by atoms with van der Waals surface area (Å²) in [6.45, 7) is 3.13. The van der Waals surface area contributed by atoms with E-state index in [1.807, 2.05) is 0 Å². The fourth-order valence-corrected chi connectivity index (χ4v) is 2.43. The maximum Gasteiger partial charge on any atom is 0.161 e. The van der Waals surface area contributed by atoms with E-state index in [9.17, 15) is 0 Å². The average Bonchev–Trinajstić information content (AvgIpc) is 2.25. The third kappa shape index (κ3) is 2.76. The van der Waals surface area contributed by atoms with Crippen LogP contribution in [0.1, 0.15) is 26.2 Å². The molecule has 1 fully saturated rings. The first-order chi connectivity index (χ1) is 8.04. The molecule has 0 unspecified atom stereocenters. The van der Waals surface area contributed by atoms with E-state index in [4.69, 9.17) is 29.0 Å². The molecule has 6 heteroatoms. The molecule has 1 aliphatic rings. The van der Waals surface area contributed by atoms with Gasteiger partial charge in [-0.2, -0.15) is 0 Å². The minimum Gasteiger partial charge on any atom is -0.368 e. The maximum atomic E-state index is 6.07. The van der Waals surface area contributed by atoms with Crippen LogP contribution in [0, 0.1) is 5.41 Å². The molecule has 1 heterocycles. The summed E-state index contributed by atoms with van der Waals surface area (Å²) in [7, 11) is 0. The highest BCUT2D eigenvalue weighted by molar-refractivity contribution is 6.37. The number of aromatic nitrogens is 1. The lowest BCUT2D eigenvalue weighted by molar-refractivity contribution is 0.180. The lowest BCUT2D eigenvalue weighted by Crippen LogP contribution is -2.33. The van der Waals surface area contributed by atoms with Gasteiger partial charge >= 0.3 is 0 Å². The fraction of sp³-hybridized carbons (Fsp3) is 0.545. The highest BCUT2D eigenvalue weighted by Crippen LogP contribution is 2.40. The minimum absolute atomic E-state index is 0.362. The molecule has 94 valence electrons. The Labute approximate surface area is 111 Å². The third-order valence-corrected chi connectivity index (χ3v) is 3.89. The van der Waals surface area contributed by atoms with Crippen molar-refractivity contribution in [3.05, 3.63) is 16.1 Å². The summed E-state index contributed by atoms with van der Waals surface area (Å²) in [5, 5.41) is 4.19. The van der Waals surface area contributed by atoms with Crippen LogP contribution >= 0.6 is 23.2 Å². The van der Waals surface area contributed by atoms with Gasteiger partial charge in [-0.1, -0.05) is 36.5 Å². The Kier molecular flexibility index (Phi) is 3.66. The normalized spacial score (nSPS) is 17.4. The fourth-order valence-electron chi connectivity index (χ4n) is 1.95. The van der Waals surface area contributed by atoms with E-state index in [1.54, 1.807) is 6.07 Å². The first-order valence-electron chi connectivity index (χ1n) is 5.61. The number of hydrogen-bond donors (Lipinski definition) is 3. The number of hydrazine groups is 1. The van der Waals surface area contributed by atoms with Crippen LogP contribution in [0.25, 0.3) is 0 Å². The molecule has 2 rings (SSSR count). The van der Waals surface area contributed by atoms with Crippen LogP contribution in [0.15, 0.2) is 6.07 Å². The largest absolute Gasteiger partial charge is 0.368 e. The van der Waals surface area contributed by atoms with Gasteiger partial charge in [-0.15, -0.1) is 0 Å². The van der Waals surface area contributed by atoms with Crippen molar-refractivity contribution >= 4 is 34.8 Å². The van der Waals surface area contributed by atoms with Crippen molar-refractivity contribution < 1.29 is 0 Å². The second-order valence-corrected chi connectivity index (χ2v) is 5.63. The molecule has 0 saturated heterocycles. The summed E-state index contributed by atoms with van der Waals surface area (Å²) >= 11 is 12.0. The Bertz CT molecular complexity index is 418. The van der Waals surface area contributed by atoms with Crippen molar-refractivity contribution in [2.45, 2.75) is 26.2 Å². The van der Waals surface area contributed by atoms with Gasteiger partial charge in [0.05, 0.1) is 10.0 Å². The number of nitrogens with zero attached hydrogens (tertiary/aromatic N) is 1. The zero-order valence-corrected chi connectivity index (χ0v) is 11.2. The number of nitrogen functional groups attached to an aromatic ring is 1. The number of hydrogen-bond acceptors (Lipinski definition) is 4. The third-order valence-electron chi connectivity index (χ3n) is 3.31. The van der Waals surface area contributed by atoms with Crippen LogP contribution < -0.4 is 16.6 Å². The van der Waals surface area contributed by atoms with E-state index in [-0.39, 0.29) is 0 Å². The van der Waals surface area contributed by atoms with Crippen molar-refractivity contribution in [3.8, 4) is 0 Å². The molecular formula is C11H16Cl2N4. The zero-order valence-electron chi connectivity index (χ0n) is 9.69. The van der Waals surface area contributed by atoms with E-state index in [0.717, 1.165) is 6.54 Å². The van der Waals surface area contributed by atoms with Gasteiger partial charge in [0.1, 0.15) is 5.82 Å². The van der Waals surface area contributed by atoms with E-state index in [2.05, 4.69) is 22.7 Å². The minimum atomic E-state index is 0.362. The molecule has 0 atom stereocenters. The maximum absolute atomic E-state index is 6.07. The van der Waals surface area contributed by atoms with Crippen molar-refractivity contribution in [2.24, 2.45) is 11.3 Å². The Morgan fingerprint density at radius 3 is 2.53 bits per heavy atom. The molecule has 0 spiro atoms. The van der Waals surface area contributed by atoms with E-state index < -0.39 is 0 Å². The summed E-state index contributed by atoms with van der Waals surface area (Å²) in [5.41, 5.74) is 2.81. The van der Waals surface area contributed by atoms with Crippen LogP contribution in [-0.4, -0.2) is 11.5 Å². The molecule has 0 amide bonds. The smallest absolute Gasteiger partial charge is 0.161 e. The van der Waals surface area contributed by atoms with Crippen LogP contribution in [0.3, 0.4) is 0 Å². The van der Waals surface area contributed by atoms with Crippen molar-refractivity contribution in [2.75, 3.05) is 17.3 Å². The molecule has 4 N–H and O–H groups in total. The van der Waals surface area contributed by atoms with Gasteiger partial charge in [0.15, 0.2) is 5.82 Å². The Morgan fingerprint density at radius 1 is 1.35 bits per heavy atom. The number of nitrogens with one attached hydrogen (secondary N) is 2. The van der Waals surface area contributed by atoms with Gasteiger partial charge in [0, 0.05) is 6.54 Å². The zero-order chi connectivity index (χ0) is 12.5. The predicted octanol–water partition coefficient (Wildman–Crippen LogP) is 3.28. The van der Waals surface area contributed by atoms with Crippen molar-refractivity contribution in [1.29, 1.82) is 0 Å². The first-order valence-corrected chi connectivity index (χ1v) is 6.36. The number of pyridine rings is 1. The topological polar surface area (TPSA) is 63.0 Å². The van der Waals surface area contributed by atoms with Gasteiger partial charge in [-0.25, -0.2) is 10.8 Å². The monoisotopic (exact) mass is 274 g/mol. The summed E-state index contributed by atoms with van der Waals surface area (Å²) in [6, 6.07) is 1.64. The van der Waals surface area contributed by atoms with Crippen LogP contribution in [-0.2, 0) is 0 Å². The molecule has 1 aromatic rings. The Morgan fingerprint density at radius 2 is 2.00 bits per heavy atom. The molecule has 17 heavy (non-hydrogen) atoms. The SMILES string of the molecule is CC1(CNc2nc(NN)c(Cl)cc2Cl)CCC1. The number of rotatable bonds is 4. The predicted molar refractivity (Wildman–Crippen MR) is 72.5 cm³/mol. The molecule has 4 nitrogen and oxygen atoms in total. The molecule has 0 bridgehead atoms. The molecule has 1 aromatic heterocycles. The molecule has 1 saturated carbocycles. The summed E-state index contributed by atoms with van der Waals surface area (Å²) in [4.78, 5) is 4.24. The van der Waals surface area contributed by atoms with Crippen molar-refractivity contribution in [3.63, 3.8) is 0 Å². The molecule has 0 aliphatic heterocycles. The van der Waals surface area contributed by atoms with Crippen LogP contribution in [0.4, 0.5) is 11.6 Å². The lowest BCUT2D eigenvalue weighted by Gasteiger charge is -2.38. The van der Waals surface area contributed by atoms with Crippen LogP contribution in [0.2, 0.25) is 10.0 Å². The lowest BCUT2D eigenvalue weighted by atomic mass is 9.70. The molecule has 0 radical (unpaired) electrons. The number of halogens is 2. The summed E-state index contributed by atoms with van der Waals surface area (Å²) < 4.78 is 0. The van der Waals surface area contributed by atoms with E-state index in [0.29, 0.717) is 27.1 Å². The molecule has 0 aromatic carbocycles.